The molecule has 0 bridgehead atoms. The van der Waals surface area contributed by atoms with Crippen molar-refractivity contribution in [1.82, 2.24) is 0 Å². The standard InChI is InChI=1S/C23H22BrClN2O5S/c1-15-8-10-21(32-3)22(12-15)33(29,30)27(16-9-11-20(31-2)18(25)13-16)14-23(28)26-19-7-5-4-6-17(19)24/h4-13H,14H2,1-3H3,(H,26,28). The second-order valence-corrected chi connectivity index (χ2v) is 10.1. The quantitative estimate of drug-likeness (QED) is 0.411. The zero-order chi connectivity index (χ0) is 24.2. The van der Waals surface area contributed by atoms with Gasteiger partial charge in [-0.15, -0.1) is 0 Å². The molecule has 0 fully saturated rings. The molecule has 0 heterocycles. The van der Waals surface area contributed by atoms with Gasteiger partial charge in [0.1, 0.15) is 22.9 Å². The van der Waals surface area contributed by atoms with Crippen LogP contribution in [0.4, 0.5) is 11.4 Å². The molecule has 3 rings (SSSR count). The Hall–Kier alpha value is -2.75. The number of ether oxygens (including phenoxy) is 2. The molecule has 10 heteroatoms. The van der Waals surface area contributed by atoms with E-state index in [0.717, 1.165) is 9.87 Å². The van der Waals surface area contributed by atoms with Gasteiger partial charge in [0.2, 0.25) is 5.91 Å². The van der Waals surface area contributed by atoms with Crippen LogP contribution in [-0.4, -0.2) is 35.1 Å². The van der Waals surface area contributed by atoms with E-state index in [1.54, 1.807) is 49.4 Å². The van der Waals surface area contributed by atoms with E-state index in [4.69, 9.17) is 21.1 Å². The topological polar surface area (TPSA) is 84.9 Å². The van der Waals surface area contributed by atoms with E-state index in [0.29, 0.717) is 15.9 Å². The minimum absolute atomic E-state index is 0.0642. The third-order valence-corrected chi connectivity index (χ3v) is 7.53. The van der Waals surface area contributed by atoms with Crippen LogP contribution in [0.15, 0.2) is 70.0 Å². The molecule has 33 heavy (non-hydrogen) atoms. The maximum atomic E-state index is 13.8. The minimum atomic E-state index is -4.22. The summed E-state index contributed by atoms with van der Waals surface area (Å²) in [5.74, 6) is 0.00373. The highest BCUT2D eigenvalue weighted by Gasteiger charge is 2.31. The van der Waals surface area contributed by atoms with Gasteiger partial charge in [0.05, 0.1) is 30.6 Å². The van der Waals surface area contributed by atoms with Gasteiger partial charge in [-0.1, -0.05) is 29.8 Å². The average Bonchev–Trinajstić information content (AvgIpc) is 2.79. The number of amides is 1. The summed E-state index contributed by atoms with van der Waals surface area (Å²) in [6, 6.07) is 16.4. The number of carbonyl (C=O) groups excluding carboxylic acids is 1. The van der Waals surface area contributed by atoms with Crippen LogP contribution in [0.25, 0.3) is 0 Å². The molecular formula is C23H22BrClN2O5S. The number of hydrogen-bond donors (Lipinski definition) is 1. The molecule has 174 valence electrons. The van der Waals surface area contributed by atoms with Crippen LogP contribution < -0.4 is 19.1 Å². The predicted molar refractivity (Wildman–Crippen MR) is 133 cm³/mol. The van der Waals surface area contributed by atoms with Crippen LogP contribution in [0.2, 0.25) is 5.02 Å². The maximum Gasteiger partial charge on any atom is 0.268 e. The molecule has 0 atom stereocenters. The van der Waals surface area contributed by atoms with Gasteiger partial charge in [-0.2, -0.15) is 0 Å². The summed E-state index contributed by atoms with van der Waals surface area (Å²) in [7, 11) is -1.37. The Labute approximate surface area is 206 Å². The molecule has 1 amide bonds. The Morgan fingerprint density at radius 2 is 1.70 bits per heavy atom. The lowest BCUT2D eigenvalue weighted by molar-refractivity contribution is -0.114. The fourth-order valence-electron chi connectivity index (χ4n) is 3.11. The number of benzene rings is 3. The number of halogens is 2. The van der Waals surface area contributed by atoms with Crippen molar-refractivity contribution in [2.75, 3.05) is 30.4 Å². The molecular weight excluding hydrogens is 532 g/mol. The number of methoxy groups -OCH3 is 2. The van der Waals surface area contributed by atoms with Crippen LogP contribution in [0.3, 0.4) is 0 Å². The summed E-state index contributed by atoms with van der Waals surface area (Å²) < 4.78 is 39.7. The lowest BCUT2D eigenvalue weighted by Gasteiger charge is -2.25. The largest absolute Gasteiger partial charge is 0.495 e. The van der Waals surface area contributed by atoms with Crippen LogP contribution in [0.1, 0.15) is 5.56 Å². The summed E-state index contributed by atoms with van der Waals surface area (Å²) in [4.78, 5) is 12.9. The Kier molecular flexibility index (Phi) is 7.88. The molecule has 0 aliphatic rings. The van der Waals surface area contributed by atoms with Gasteiger partial charge in [-0.3, -0.25) is 9.10 Å². The predicted octanol–water partition coefficient (Wildman–Crippen LogP) is 5.26. The van der Waals surface area contributed by atoms with Crippen molar-refractivity contribution in [3.05, 3.63) is 75.7 Å². The van der Waals surface area contributed by atoms with Crippen LogP contribution in [0, 0.1) is 6.92 Å². The van der Waals surface area contributed by atoms with Crippen LogP contribution >= 0.6 is 27.5 Å². The van der Waals surface area contributed by atoms with E-state index < -0.39 is 22.5 Å². The van der Waals surface area contributed by atoms with Gasteiger partial charge < -0.3 is 14.8 Å². The summed E-state index contributed by atoms with van der Waals surface area (Å²) in [5.41, 5.74) is 1.44. The van der Waals surface area contributed by atoms with Gasteiger partial charge in [0.25, 0.3) is 10.0 Å². The Bertz CT molecular complexity index is 1280. The van der Waals surface area contributed by atoms with Crippen molar-refractivity contribution >= 4 is 54.8 Å². The van der Waals surface area contributed by atoms with Gasteiger partial charge in [-0.25, -0.2) is 8.42 Å². The van der Waals surface area contributed by atoms with E-state index in [9.17, 15) is 13.2 Å². The van der Waals surface area contributed by atoms with E-state index >= 15 is 0 Å². The van der Waals surface area contributed by atoms with Crippen molar-refractivity contribution in [2.45, 2.75) is 11.8 Å². The number of nitrogens with zero attached hydrogens (tertiary/aromatic N) is 1. The zero-order valence-corrected chi connectivity index (χ0v) is 21.3. The van der Waals surface area contributed by atoms with Crippen molar-refractivity contribution < 1.29 is 22.7 Å². The number of para-hydroxylation sites is 1. The summed E-state index contributed by atoms with van der Waals surface area (Å²) >= 11 is 9.63. The van der Waals surface area contributed by atoms with E-state index in [-0.39, 0.29) is 21.4 Å². The number of rotatable bonds is 8. The van der Waals surface area contributed by atoms with Gasteiger partial charge in [0, 0.05) is 4.47 Å². The summed E-state index contributed by atoms with van der Waals surface area (Å²) in [5, 5.41) is 2.94. The van der Waals surface area contributed by atoms with Crippen molar-refractivity contribution in [3.8, 4) is 11.5 Å². The van der Waals surface area contributed by atoms with Gasteiger partial charge in [0.15, 0.2) is 0 Å². The summed E-state index contributed by atoms with van der Waals surface area (Å²) in [6.07, 6.45) is 0. The third kappa shape index (κ3) is 5.61. The first-order valence-electron chi connectivity index (χ1n) is 9.72. The Morgan fingerprint density at radius 1 is 1.03 bits per heavy atom. The first-order chi connectivity index (χ1) is 15.7. The highest BCUT2D eigenvalue weighted by molar-refractivity contribution is 9.10. The normalized spacial score (nSPS) is 11.1. The summed E-state index contributed by atoms with van der Waals surface area (Å²) in [6.45, 7) is 1.27. The molecule has 7 nitrogen and oxygen atoms in total. The molecule has 0 saturated carbocycles. The Balaban J connectivity index is 2.07. The molecule has 3 aromatic rings. The highest BCUT2D eigenvalue weighted by atomic mass is 79.9. The lowest BCUT2D eigenvalue weighted by Crippen LogP contribution is -2.38. The van der Waals surface area contributed by atoms with Gasteiger partial charge >= 0.3 is 0 Å². The Morgan fingerprint density at radius 3 is 2.33 bits per heavy atom. The lowest BCUT2D eigenvalue weighted by atomic mass is 10.2. The molecule has 0 spiro atoms. The molecule has 1 N–H and O–H groups in total. The van der Waals surface area contributed by atoms with Crippen LogP contribution in [0.5, 0.6) is 11.5 Å². The zero-order valence-electron chi connectivity index (χ0n) is 18.1. The number of nitrogens with one attached hydrogen (secondary N) is 1. The first kappa shape index (κ1) is 24.9. The SMILES string of the molecule is COc1ccc(N(CC(=O)Nc2ccccc2Br)S(=O)(=O)c2cc(C)ccc2OC)cc1Cl. The first-order valence-corrected chi connectivity index (χ1v) is 12.3. The molecule has 0 aliphatic carbocycles. The second-order valence-electron chi connectivity index (χ2n) is 7.01. The molecule has 0 unspecified atom stereocenters. The maximum absolute atomic E-state index is 13.8. The number of aryl methyl sites for hydroxylation is 1. The van der Waals surface area contributed by atoms with E-state index in [1.165, 1.54) is 32.4 Å². The van der Waals surface area contributed by atoms with Crippen LogP contribution in [-0.2, 0) is 14.8 Å². The molecule has 0 aromatic heterocycles. The van der Waals surface area contributed by atoms with Crippen molar-refractivity contribution in [1.29, 1.82) is 0 Å². The molecule has 0 saturated heterocycles. The monoisotopic (exact) mass is 552 g/mol. The van der Waals surface area contributed by atoms with E-state index in [2.05, 4.69) is 21.2 Å². The molecule has 0 radical (unpaired) electrons. The number of carbonyl (C=O) groups is 1. The highest BCUT2D eigenvalue weighted by Crippen LogP contribution is 2.34. The van der Waals surface area contributed by atoms with Gasteiger partial charge in [-0.05, 0) is 70.9 Å². The third-order valence-electron chi connectivity index (χ3n) is 4.75. The average molecular weight is 554 g/mol. The van der Waals surface area contributed by atoms with Crippen molar-refractivity contribution in [2.24, 2.45) is 0 Å². The fourth-order valence-corrected chi connectivity index (χ4v) is 5.40. The van der Waals surface area contributed by atoms with Crippen molar-refractivity contribution in [3.63, 3.8) is 0 Å². The molecule has 0 aliphatic heterocycles. The smallest absolute Gasteiger partial charge is 0.268 e. The molecule has 3 aromatic carbocycles. The number of anilines is 2. The number of hydrogen-bond acceptors (Lipinski definition) is 5. The number of sulfonamides is 1. The fraction of sp³-hybridized carbons (Fsp3) is 0.174. The van der Waals surface area contributed by atoms with E-state index in [1.807, 2.05) is 0 Å². The minimum Gasteiger partial charge on any atom is -0.495 e. The second kappa shape index (κ2) is 10.5.